The summed E-state index contributed by atoms with van der Waals surface area (Å²) in [6, 6.07) is 1.94. The van der Waals surface area contributed by atoms with Crippen molar-refractivity contribution in [2.45, 2.75) is 33.6 Å². The Kier molecular flexibility index (Phi) is 2.83. The van der Waals surface area contributed by atoms with Gasteiger partial charge in [0.2, 0.25) is 0 Å². The first-order valence-electron chi connectivity index (χ1n) is 5.57. The highest BCUT2D eigenvalue weighted by atomic mass is 16.5. The zero-order chi connectivity index (χ0) is 12.6. The summed E-state index contributed by atoms with van der Waals surface area (Å²) in [7, 11) is 0. The Morgan fingerprint density at radius 3 is 2.59 bits per heavy atom. The van der Waals surface area contributed by atoms with Crippen LogP contribution in [-0.4, -0.2) is 15.4 Å². The number of hydrogen-bond acceptors (Lipinski definition) is 5. The van der Waals surface area contributed by atoms with Crippen molar-refractivity contribution in [1.82, 2.24) is 15.4 Å². The fraction of sp³-hybridized carbons (Fsp3) is 0.417. The van der Waals surface area contributed by atoms with Crippen molar-refractivity contribution in [3.8, 4) is 11.3 Å². The quantitative estimate of drug-likeness (QED) is 0.860. The van der Waals surface area contributed by atoms with E-state index in [1.807, 2.05) is 19.9 Å². The van der Waals surface area contributed by atoms with Gasteiger partial charge in [-0.3, -0.25) is 0 Å². The van der Waals surface area contributed by atoms with Crippen LogP contribution in [0.5, 0.6) is 0 Å². The van der Waals surface area contributed by atoms with Gasteiger partial charge in [0.25, 0.3) is 0 Å². The smallest absolute Gasteiger partial charge is 0.174 e. The molecule has 5 nitrogen and oxygen atoms in total. The second-order valence-electron chi connectivity index (χ2n) is 4.45. The molecule has 0 aliphatic carbocycles. The summed E-state index contributed by atoms with van der Waals surface area (Å²) in [5, 5.41) is 11.9. The average Bonchev–Trinajstić information content (AvgIpc) is 2.64. The molecule has 2 rings (SSSR count). The molecule has 5 heteroatoms. The summed E-state index contributed by atoms with van der Waals surface area (Å²) in [5.74, 6) is 1.40. The molecule has 2 aromatic heterocycles. The van der Waals surface area contributed by atoms with Crippen molar-refractivity contribution in [3.63, 3.8) is 0 Å². The van der Waals surface area contributed by atoms with E-state index in [9.17, 15) is 0 Å². The lowest BCUT2D eigenvalue weighted by atomic mass is 9.99. The monoisotopic (exact) mass is 232 g/mol. The molecule has 0 bridgehead atoms. The first-order chi connectivity index (χ1) is 8.00. The van der Waals surface area contributed by atoms with Crippen molar-refractivity contribution in [3.05, 3.63) is 23.0 Å². The summed E-state index contributed by atoms with van der Waals surface area (Å²) < 4.78 is 5.34. The van der Waals surface area contributed by atoms with Crippen molar-refractivity contribution < 1.29 is 4.52 Å². The highest BCUT2D eigenvalue weighted by Crippen LogP contribution is 2.34. The lowest BCUT2D eigenvalue weighted by Crippen LogP contribution is -1.98. The predicted molar refractivity (Wildman–Crippen MR) is 65.5 cm³/mol. The van der Waals surface area contributed by atoms with Crippen molar-refractivity contribution >= 4 is 5.82 Å². The van der Waals surface area contributed by atoms with Crippen LogP contribution in [0.1, 0.15) is 36.7 Å². The lowest BCUT2D eigenvalue weighted by molar-refractivity contribution is 0.434. The standard InChI is InChI=1S/C12H16N4O/c1-6(2)10-11(17-16-12(10)13)9-5-7(3)14-15-8(9)4/h5-6H,1-4H3,(H2,13,16). The predicted octanol–water partition coefficient (Wildman–Crippen LogP) is 2.45. The van der Waals surface area contributed by atoms with Crippen molar-refractivity contribution in [2.75, 3.05) is 5.73 Å². The Labute approximate surface area is 100 Å². The molecular formula is C12H16N4O. The largest absolute Gasteiger partial charge is 0.381 e. The minimum Gasteiger partial charge on any atom is -0.381 e. The van der Waals surface area contributed by atoms with Gasteiger partial charge in [-0.2, -0.15) is 10.2 Å². The van der Waals surface area contributed by atoms with Crippen LogP contribution < -0.4 is 5.73 Å². The summed E-state index contributed by atoms with van der Waals surface area (Å²) in [6.07, 6.45) is 0. The first kappa shape index (κ1) is 11.6. The number of nitrogen functional groups attached to an aromatic ring is 1. The highest BCUT2D eigenvalue weighted by molar-refractivity contribution is 5.68. The molecule has 0 atom stereocenters. The van der Waals surface area contributed by atoms with Crippen LogP contribution in [0.25, 0.3) is 11.3 Å². The summed E-state index contributed by atoms with van der Waals surface area (Å²) in [5.41, 5.74) is 9.32. The van der Waals surface area contributed by atoms with Crippen LogP contribution in [0.2, 0.25) is 0 Å². The van der Waals surface area contributed by atoms with Gasteiger partial charge in [0.15, 0.2) is 11.6 Å². The van der Waals surface area contributed by atoms with Crippen LogP contribution in [0, 0.1) is 13.8 Å². The van der Waals surface area contributed by atoms with Gasteiger partial charge in [-0.25, -0.2) is 0 Å². The Bertz CT molecular complexity index is 545. The highest BCUT2D eigenvalue weighted by Gasteiger charge is 2.20. The molecule has 0 radical (unpaired) electrons. The van der Waals surface area contributed by atoms with E-state index in [0.717, 1.165) is 22.5 Å². The van der Waals surface area contributed by atoms with Gasteiger partial charge >= 0.3 is 0 Å². The minimum absolute atomic E-state index is 0.254. The van der Waals surface area contributed by atoms with Gasteiger partial charge in [0, 0.05) is 11.1 Å². The van der Waals surface area contributed by atoms with Gasteiger partial charge in [0.05, 0.1) is 11.4 Å². The van der Waals surface area contributed by atoms with Crippen LogP contribution >= 0.6 is 0 Å². The zero-order valence-electron chi connectivity index (χ0n) is 10.5. The van der Waals surface area contributed by atoms with Gasteiger partial charge in [-0.1, -0.05) is 19.0 Å². The Morgan fingerprint density at radius 2 is 1.94 bits per heavy atom. The molecule has 2 heterocycles. The summed E-state index contributed by atoms with van der Waals surface area (Å²) in [4.78, 5) is 0. The molecule has 2 aromatic rings. The van der Waals surface area contributed by atoms with Crippen LogP contribution in [-0.2, 0) is 0 Å². The van der Waals surface area contributed by atoms with E-state index in [-0.39, 0.29) is 5.92 Å². The Morgan fingerprint density at radius 1 is 1.24 bits per heavy atom. The third-order valence-corrected chi connectivity index (χ3v) is 2.68. The molecule has 0 unspecified atom stereocenters. The SMILES string of the molecule is Cc1cc(-c2onc(N)c2C(C)C)c(C)nn1. The molecule has 0 saturated carbocycles. The molecule has 0 aliphatic heterocycles. The van der Waals surface area contributed by atoms with Crippen molar-refractivity contribution in [1.29, 1.82) is 0 Å². The summed E-state index contributed by atoms with van der Waals surface area (Å²) in [6.45, 7) is 7.90. The second-order valence-corrected chi connectivity index (χ2v) is 4.45. The first-order valence-corrected chi connectivity index (χ1v) is 5.57. The zero-order valence-corrected chi connectivity index (χ0v) is 10.5. The van der Waals surface area contributed by atoms with Gasteiger partial charge in [0.1, 0.15) is 0 Å². The fourth-order valence-electron chi connectivity index (χ4n) is 1.84. The molecule has 0 fully saturated rings. The van der Waals surface area contributed by atoms with E-state index in [0.29, 0.717) is 11.6 Å². The molecule has 0 amide bonds. The number of aromatic nitrogens is 3. The second kappa shape index (κ2) is 4.16. The molecule has 0 spiro atoms. The van der Waals surface area contributed by atoms with E-state index in [1.165, 1.54) is 0 Å². The van der Waals surface area contributed by atoms with Gasteiger partial charge in [-0.15, -0.1) is 0 Å². The van der Waals surface area contributed by atoms with E-state index >= 15 is 0 Å². The topological polar surface area (TPSA) is 77.8 Å². The molecule has 90 valence electrons. The number of nitrogens with zero attached hydrogens (tertiary/aromatic N) is 3. The number of rotatable bonds is 2. The maximum absolute atomic E-state index is 5.83. The number of anilines is 1. The molecule has 2 N–H and O–H groups in total. The van der Waals surface area contributed by atoms with Crippen LogP contribution in [0.3, 0.4) is 0 Å². The lowest BCUT2D eigenvalue weighted by Gasteiger charge is -2.07. The minimum atomic E-state index is 0.254. The van der Waals surface area contributed by atoms with E-state index in [1.54, 1.807) is 0 Å². The normalized spacial score (nSPS) is 11.1. The maximum atomic E-state index is 5.83. The number of nitrogens with two attached hydrogens (primary N) is 1. The molecule has 0 saturated heterocycles. The van der Waals surface area contributed by atoms with E-state index < -0.39 is 0 Å². The van der Waals surface area contributed by atoms with E-state index in [2.05, 4.69) is 29.2 Å². The molecule has 0 aromatic carbocycles. The van der Waals surface area contributed by atoms with Crippen LogP contribution in [0.15, 0.2) is 10.6 Å². The Balaban J connectivity index is 2.64. The average molecular weight is 232 g/mol. The maximum Gasteiger partial charge on any atom is 0.174 e. The third kappa shape index (κ3) is 2.00. The molecule has 17 heavy (non-hydrogen) atoms. The number of aryl methyl sites for hydroxylation is 2. The van der Waals surface area contributed by atoms with Gasteiger partial charge in [-0.05, 0) is 25.8 Å². The third-order valence-electron chi connectivity index (χ3n) is 2.68. The van der Waals surface area contributed by atoms with E-state index in [4.69, 9.17) is 10.3 Å². The summed E-state index contributed by atoms with van der Waals surface area (Å²) >= 11 is 0. The molecule has 0 aliphatic rings. The number of hydrogen-bond donors (Lipinski definition) is 1. The van der Waals surface area contributed by atoms with Crippen LogP contribution in [0.4, 0.5) is 5.82 Å². The Hall–Kier alpha value is -1.91. The van der Waals surface area contributed by atoms with Gasteiger partial charge < -0.3 is 10.3 Å². The van der Waals surface area contributed by atoms with Crippen molar-refractivity contribution in [2.24, 2.45) is 0 Å². The fourth-order valence-corrected chi connectivity index (χ4v) is 1.84. The molecular weight excluding hydrogens is 216 g/mol.